The maximum atomic E-state index is 2.38. The Morgan fingerprint density at radius 2 is 1.69 bits per heavy atom. The van der Waals surface area contributed by atoms with Crippen molar-refractivity contribution >= 4 is 5.57 Å². The van der Waals surface area contributed by atoms with Crippen LogP contribution in [0, 0.1) is 0 Å². The number of hydrogen-bond donors (Lipinski definition) is 0. The Labute approximate surface area is 100 Å². The van der Waals surface area contributed by atoms with Gasteiger partial charge in [0, 0.05) is 0 Å². The topological polar surface area (TPSA) is 0 Å². The molecule has 0 fully saturated rings. The first-order valence-electron chi connectivity index (χ1n) is 6.56. The van der Waals surface area contributed by atoms with Crippen LogP contribution >= 0.6 is 0 Å². The van der Waals surface area contributed by atoms with Gasteiger partial charge in [0.15, 0.2) is 0 Å². The van der Waals surface area contributed by atoms with Crippen LogP contribution in [-0.4, -0.2) is 0 Å². The number of allylic oxidation sites excluding steroid dienone is 2. The zero-order chi connectivity index (χ0) is 11.6. The van der Waals surface area contributed by atoms with Crippen LogP contribution in [0.5, 0.6) is 0 Å². The molecule has 0 radical (unpaired) electrons. The summed E-state index contributed by atoms with van der Waals surface area (Å²) >= 11 is 0. The lowest BCUT2D eigenvalue weighted by atomic mass is 10.0. The molecule has 0 heteroatoms. The smallest absolute Gasteiger partial charge is 0.0231 e. The van der Waals surface area contributed by atoms with Crippen molar-refractivity contribution in [3.63, 3.8) is 0 Å². The standard InChI is InChI=1S/C16H24/c1-3-4-5-6-7-9-12-15(2)16-13-10-8-11-14-16/h8,10-14H,3-7,9H2,1-2H3. The predicted octanol–water partition coefficient (Wildman–Crippen LogP) is 5.45. The third-order valence-electron chi connectivity index (χ3n) is 2.99. The molecule has 0 N–H and O–H groups in total. The molecule has 0 atom stereocenters. The quantitative estimate of drug-likeness (QED) is 0.532. The summed E-state index contributed by atoms with van der Waals surface area (Å²) in [5.41, 5.74) is 2.77. The van der Waals surface area contributed by atoms with Crippen molar-refractivity contribution in [2.75, 3.05) is 0 Å². The van der Waals surface area contributed by atoms with Crippen LogP contribution in [0.1, 0.15) is 57.9 Å². The van der Waals surface area contributed by atoms with E-state index in [0.717, 1.165) is 0 Å². The van der Waals surface area contributed by atoms with E-state index in [1.54, 1.807) is 0 Å². The lowest BCUT2D eigenvalue weighted by molar-refractivity contribution is 0.637. The molecule has 0 unspecified atom stereocenters. The van der Waals surface area contributed by atoms with E-state index in [-0.39, 0.29) is 0 Å². The number of unbranched alkanes of at least 4 members (excludes halogenated alkanes) is 5. The van der Waals surface area contributed by atoms with Gasteiger partial charge in [0.25, 0.3) is 0 Å². The van der Waals surface area contributed by atoms with Crippen molar-refractivity contribution in [2.24, 2.45) is 0 Å². The molecule has 0 nitrogen and oxygen atoms in total. The largest absolute Gasteiger partial charge is 0.0810 e. The highest BCUT2D eigenvalue weighted by Gasteiger charge is 1.93. The highest BCUT2D eigenvalue weighted by Crippen LogP contribution is 2.15. The van der Waals surface area contributed by atoms with Crippen LogP contribution in [0.2, 0.25) is 0 Å². The van der Waals surface area contributed by atoms with Crippen molar-refractivity contribution in [2.45, 2.75) is 52.4 Å². The Bertz CT molecular complexity index is 295. The van der Waals surface area contributed by atoms with Gasteiger partial charge in [0.05, 0.1) is 0 Å². The molecule has 16 heavy (non-hydrogen) atoms. The molecule has 0 bridgehead atoms. The van der Waals surface area contributed by atoms with Gasteiger partial charge in [-0.05, 0) is 30.9 Å². The van der Waals surface area contributed by atoms with Crippen molar-refractivity contribution in [1.29, 1.82) is 0 Å². The van der Waals surface area contributed by atoms with E-state index in [4.69, 9.17) is 0 Å². The average molecular weight is 216 g/mol. The third kappa shape index (κ3) is 5.16. The minimum absolute atomic E-state index is 1.23. The number of rotatable bonds is 7. The Balaban J connectivity index is 2.24. The summed E-state index contributed by atoms with van der Waals surface area (Å²) < 4.78 is 0. The second-order valence-corrected chi connectivity index (χ2v) is 4.46. The second kappa shape index (κ2) is 8.15. The number of benzene rings is 1. The van der Waals surface area contributed by atoms with Gasteiger partial charge in [-0.25, -0.2) is 0 Å². The van der Waals surface area contributed by atoms with Gasteiger partial charge < -0.3 is 0 Å². The van der Waals surface area contributed by atoms with Crippen LogP contribution in [0.4, 0.5) is 0 Å². The minimum Gasteiger partial charge on any atom is -0.0810 e. The molecule has 0 saturated carbocycles. The fourth-order valence-corrected chi connectivity index (χ4v) is 1.89. The first-order valence-corrected chi connectivity index (χ1v) is 6.56. The van der Waals surface area contributed by atoms with Gasteiger partial charge in [-0.2, -0.15) is 0 Å². The number of hydrogen-bond acceptors (Lipinski definition) is 0. The normalized spacial score (nSPS) is 11.8. The summed E-state index contributed by atoms with van der Waals surface area (Å²) in [7, 11) is 0. The summed E-state index contributed by atoms with van der Waals surface area (Å²) in [6.07, 6.45) is 10.4. The van der Waals surface area contributed by atoms with Crippen molar-refractivity contribution in [3.05, 3.63) is 42.0 Å². The van der Waals surface area contributed by atoms with E-state index in [9.17, 15) is 0 Å². The average Bonchev–Trinajstić information content (AvgIpc) is 2.34. The van der Waals surface area contributed by atoms with Gasteiger partial charge in [-0.3, -0.25) is 0 Å². The molecule has 0 aromatic heterocycles. The monoisotopic (exact) mass is 216 g/mol. The van der Waals surface area contributed by atoms with E-state index in [1.165, 1.54) is 49.7 Å². The van der Waals surface area contributed by atoms with E-state index in [2.05, 4.69) is 50.3 Å². The van der Waals surface area contributed by atoms with Gasteiger partial charge in [0.2, 0.25) is 0 Å². The zero-order valence-electron chi connectivity index (χ0n) is 10.7. The molecule has 1 rings (SSSR count). The summed E-state index contributed by atoms with van der Waals surface area (Å²) in [5.74, 6) is 0. The van der Waals surface area contributed by atoms with Crippen molar-refractivity contribution in [1.82, 2.24) is 0 Å². The maximum Gasteiger partial charge on any atom is -0.0231 e. The Kier molecular flexibility index (Phi) is 6.64. The lowest BCUT2D eigenvalue weighted by Gasteiger charge is -2.01. The first-order chi connectivity index (χ1) is 7.84. The fourth-order valence-electron chi connectivity index (χ4n) is 1.89. The highest BCUT2D eigenvalue weighted by atomic mass is 14.0. The zero-order valence-corrected chi connectivity index (χ0v) is 10.7. The van der Waals surface area contributed by atoms with Crippen LogP contribution in [-0.2, 0) is 0 Å². The molecular formula is C16H24. The molecule has 88 valence electrons. The van der Waals surface area contributed by atoms with Crippen LogP contribution in [0.15, 0.2) is 36.4 Å². The van der Waals surface area contributed by atoms with E-state index < -0.39 is 0 Å². The predicted molar refractivity (Wildman–Crippen MR) is 73.5 cm³/mol. The molecule has 1 aromatic rings. The van der Waals surface area contributed by atoms with E-state index in [1.807, 2.05) is 0 Å². The lowest BCUT2D eigenvalue weighted by Crippen LogP contribution is -1.80. The summed E-state index contributed by atoms with van der Waals surface area (Å²) in [6, 6.07) is 10.6. The summed E-state index contributed by atoms with van der Waals surface area (Å²) in [4.78, 5) is 0. The third-order valence-corrected chi connectivity index (χ3v) is 2.99. The van der Waals surface area contributed by atoms with Gasteiger partial charge in [-0.15, -0.1) is 0 Å². The molecular weight excluding hydrogens is 192 g/mol. The van der Waals surface area contributed by atoms with Crippen LogP contribution in [0.3, 0.4) is 0 Å². The second-order valence-electron chi connectivity index (χ2n) is 4.46. The maximum absolute atomic E-state index is 2.38. The van der Waals surface area contributed by atoms with Crippen molar-refractivity contribution < 1.29 is 0 Å². The van der Waals surface area contributed by atoms with Gasteiger partial charge in [-0.1, -0.05) is 69.0 Å². The molecule has 0 heterocycles. The Morgan fingerprint density at radius 3 is 2.38 bits per heavy atom. The Morgan fingerprint density at radius 1 is 1.00 bits per heavy atom. The molecule has 0 amide bonds. The van der Waals surface area contributed by atoms with E-state index in [0.29, 0.717) is 0 Å². The summed E-state index contributed by atoms with van der Waals surface area (Å²) in [6.45, 7) is 4.47. The van der Waals surface area contributed by atoms with Gasteiger partial charge >= 0.3 is 0 Å². The highest BCUT2D eigenvalue weighted by molar-refractivity contribution is 5.63. The molecule has 0 spiro atoms. The van der Waals surface area contributed by atoms with Crippen molar-refractivity contribution in [3.8, 4) is 0 Å². The van der Waals surface area contributed by atoms with Gasteiger partial charge in [0.1, 0.15) is 0 Å². The molecule has 0 aliphatic rings. The molecule has 1 aromatic carbocycles. The van der Waals surface area contributed by atoms with Crippen LogP contribution in [0.25, 0.3) is 5.57 Å². The van der Waals surface area contributed by atoms with Crippen LogP contribution < -0.4 is 0 Å². The fraction of sp³-hybridized carbons (Fsp3) is 0.500. The first kappa shape index (κ1) is 13.0. The molecule has 0 saturated heterocycles. The molecule has 0 aliphatic carbocycles. The SMILES string of the molecule is CCCCCCCC=C(C)c1ccccc1. The van der Waals surface area contributed by atoms with E-state index >= 15 is 0 Å². The molecule has 0 aliphatic heterocycles. The minimum atomic E-state index is 1.23. The summed E-state index contributed by atoms with van der Waals surface area (Å²) in [5, 5.41) is 0. The Hall–Kier alpha value is -1.04.